The van der Waals surface area contributed by atoms with Crippen LogP contribution in [0.3, 0.4) is 0 Å². The average molecular weight is 482 g/mol. The Kier molecular flexibility index (Phi) is 13.3. The highest BCUT2D eigenvalue weighted by atomic mass is 16.5. The molecule has 0 radical (unpaired) electrons. The van der Waals surface area contributed by atoms with Crippen molar-refractivity contribution in [1.82, 2.24) is 0 Å². The van der Waals surface area contributed by atoms with E-state index in [0.717, 1.165) is 46.4 Å². The van der Waals surface area contributed by atoms with Crippen LogP contribution in [0, 0.1) is 12.8 Å². The molecular formula is C31H47NO3. The Bertz CT molecular complexity index is 964. The molecule has 0 aromatic heterocycles. The maximum atomic E-state index is 10.1. The maximum absolute atomic E-state index is 10.1. The second-order valence-electron chi connectivity index (χ2n) is 9.09. The van der Waals surface area contributed by atoms with Crippen LogP contribution in [0.5, 0.6) is 17.2 Å². The van der Waals surface area contributed by atoms with Gasteiger partial charge in [-0.2, -0.15) is 0 Å². The van der Waals surface area contributed by atoms with Crippen LogP contribution < -0.4 is 10.5 Å². The van der Waals surface area contributed by atoms with Crippen LogP contribution in [0.4, 0.5) is 0 Å². The van der Waals surface area contributed by atoms with E-state index in [1.807, 2.05) is 52.0 Å². The van der Waals surface area contributed by atoms with Crippen molar-refractivity contribution in [2.75, 3.05) is 0 Å². The second kappa shape index (κ2) is 15.3. The number of hydrogen-bond donors (Lipinski definition) is 3. The van der Waals surface area contributed by atoms with Crippen LogP contribution in [0.1, 0.15) is 95.6 Å². The fraction of sp³-hybridized carbons (Fsp3) is 0.484. The van der Waals surface area contributed by atoms with E-state index >= 15 is 0 Å². The van der Waals surface area contributed by atoms with Crippen molar-refractivity contribution >= 4 is 5.57 Å². The highest BCUT2D eigenvalue weighted by Crippen LogP contribution is 2.45. The number of hydrogen-bond acceptors (Lipinski definition) is 4. The van der Waals surface area contributed by atoms with Crippen LogP contribution >= 0.6 is 0 Å². The van der Waals surface area contributed by atoms with E-state index in [9.17, 15) is 10.2 Å². The molecular weight excluding hydrogens is 434 g/mol. The lowest BCUT2D eigenvalue weighted by Crippen LogP contribution is -2.17. The monoisotopic (exact) mass is 481 g/mol. The lowest BCUT2D eigenvalue weighted by Gasteiger charge is -2.22. The van der Waals surface area contributed by atoms with Crippen molar-refractivity contribution in [2.45, 2.75) is 92.7 Å². The minimum atomic E-state index is -0.215. The molecule has 1 aliphatic carbocycles. The van der Waals surface area contributed by atoms with Crippen LogP contribution in [-0.4, -0.2) is 16.3 Å². The van der Waals surface area contributed by atoms with Gasteiger partial charge in [0.2, 0.25) is 0 Å². The van der Waals surface area contributed by atoms with Gasteiger partial charge in [-0.15, -0.1) is 0 Å². The smallest absolute Gasteiger partial charge is 0.128 e. The van der Waals surface area contributed by atoms with Gasteiger partial charge in [-0.25, -0.2) is 0 Å². The number of phenolic OH excluding ortho intramolecular Hbond substituents is 2. The molecule has 2 aromatic rings. The molecule has 2 unspecified atom stereocenters. The first-order valence-corrected chi connectivity index (χ1v) is 13.1. The Hall–Kier alpha value is -2.72. The normalized spacial score (nSPS) is 17.0. The van der Waals surface area contributed by atoms with Gasteiger partial charge in [-0.3, -0.25) is 0 Å². The van der Waals surface area contributed by atoms with E-state index in [1.165, 1.54) is 25.3 Å². The molecule has 0 spiro atoms. The first-order chi connectivity index (χ1) is 16.7. The summed E-state index contributed by atoms with van der Waals surface area (Å²) in [5.41, 5.74) is 10.4. The second-order valence-corrected chi connectivity index (χ2v) is 9.09. The molecule has 0 bridgehead atoms. The summed E-state index contributed by atoms with van der Waals surface area (Å²) in [4.78, 5) is 0. The predicted molar refractivity (Wildman–Crippen MR) is 150 cm³/mol. The molecule has 0 saturated heterocycles. The zero-order valence-electron chi connectivity index (χ0n) is 22.9. The molecule has 35 heavy (non-hydrogen) atoms. The van der Waals surface area contributed by atoms with E-state index in [-0.39, 0.29) is 23.5 Å². The average Bonchev–Trinajstić information content (AvgIpc) is 3.15. The van der Waals surface area contributed by atoms with Gasteiger partial charge in [0, 0.05) is 34.7 Å². The number of nitrogens with two attached hydrogens (primary N) is 1. The van der Waals surface area contributed by atoms with Gasteiger partial charge in [-0.1, -0.05) is 77.8 Å². The Morgan fingerprint density at radius 1 is 1.20 bits per heavy atom. The van der Waals surface area contributed by atoms with E-state index < -0.39 is 0 Å². The molecule has 0 amide bonds. The Morgan fingerprint density at radius 2 is 1.89 bits per heavy atom. The first kappa shape index (κ1) is 30.3. The lowest BCUT2D eigenvalue weighted by molar-refractivity contribution is 0.159. The number of allylic oxidation sites excluding steroid dienone is 3. The van der Waals surface area contributed by atoms with E-state index in [4.69, 9.17) is 10.5 Å². The Balaban J connectivity index is 0.000000523. The Morgan fingerprint density at radius 3 is 2.49 bits per heavy atom. The quantitative estimate of drug-likeness (QED) is 0.332. The molecule has 194 valence electrons. The molecule has 4 heteroatoms. The largest absolute Gasteiger partial charge is 0.508 e. The van der Waals surface area contributed by atoms with Gasteiger partial charge < -0.3 is 20.7 Å². The van der Waals surface area contributed by atoms with E-state index in [0.29, 0.717) is 6.04 Å². The van der Waals surface area contributed by atoms with Gasteiger partial charge in [0.1, 0.15) is 23.4 Å². The number of rotatable bonds is 8. The number of phenols is 2. The lowest BCUT2D eigenvalue weighted by atomic mass is 10.0. The number of fused-ring (bicyclic) bond motifs is 1. The highest BCUT2D eigenvalue weighted by molar-refractivity contribution is 5.76. The summed E-state index contributed by atoms with van der Waals surface area (Å²) in [7, 11) is 0. The topological polar surface area (TPSA) is 75.7 Å². The molecule has 2 aromatic carbocycles. The van der Waals surface area contributed by atoms with Crippen molar-refractivity contribution in [2.24, 2.45) is 11.7 Å². The van der Waals surface area contributed by atoms with Gasteiger partial charge >= 0.3 is 0 Å². The third-order valence-electron chi connectivity index (χ3n) is 6.15. The van der Waals surface area contributed by atoms with Gasteiger partial charge in [0.15, 0.2) is 0 Å². The molecule has 0 fully saturated rings. The van der Waals surface area contributed by atoms with Crippen LogP contribution in [0.25, 0.3) is 5.57 Å². The minimum absolute atomic E-state index is 0.0569. The number of aromatic hydroxyl groups is 2. The summed E-state index contributed by atoms with van der Waals surface area (Å²) < 4.78 is 6.36. The third kappa shape index (κ3) is 8.78. The number of ether oxygens (including phenoxy) is 1. The SMILES string of the molecule is C=C(/C=C\C)c1cc(C)ccc1O[C@H]1c2cc(O)cc(O)c2CC1C.CC.CCCCC(N)CC. The van der Waals surface area contributed by atoms with Crippen molar-refractivity contribution < 1.29 is 14.9 Å². The fourth-order valence-electron chi connectivity index (χ4n) is 4.15. The molecule has 4 nitrogen and oxygen atoms in total. The van der Waals surface area contributed by atoms with Crippen molar-refractivity contribution in [3.63, 3.8) is 0 Å². The van der Waals surface area contributed by atoms with Crippen molar-refractivity contribution in [3.05, 3.63) is 71.3 Å². The highest BCUT2D eigenvalue weighted by Gasteiger charge is 2.34. The molecule has 1 aliphatic rings. The summed E-state index contributed by atoms with van der Waals surface area (Å²) in [5, 5.41) is 20.0. The fourth-order valence-corrected chi connectivity index (χ4v) is 4.15. The molecule has 4 N–H and O–H groups in total. The number of aryl methyl sites for hydroxylation is 1. The summed E-state index contributed by atoms with van der Waals surface area (Å²) in [6.07, 6.45) is 9.31. The number of benzene rings is 2. The Labute approximate surface area is 213 Å². The summed E-state index contributed by atoms with van der Waals surface area (Å²) in [6, 6.07) is 9.58. The van der Waals surface area contributed by atoms with E-state index in [2.05, 4.69) is 33.4 Å². The standard InChI is InChI=1S/C22H24O3.C7H17N.C2H6/c1-5-6-14(3)17-9-13(2)7-8-21(17)25-22-15(4)10-18-19(22)11-16(23)12-20(18)24;1-3-5-6-7(8)4-2;1-2/h5-9,11-12,15,22-24H,3,10H2,1-2,4H3;7H,3-6,8H2,1-2H3;1-2H3/b6-5-;;/t15?,22-;;/m1../s1. The van der Waals surface area contributed by atoms with E-state index in [1.54, 1.807) is 6.07 Å². The maximum Gasteiger partial charge on any atom is 0.128 e. The molecule has 3 rings (SSSR count). The summed E-state index contributed by atoms with van der Waals surface area (Å²) in [6.45, 7) is 18.6. The number of unbranched alkanes of at least 4 members (excludes halogenated alkanes) is 1. The van der Waals surface area contributed by atoms with Gasteiger partial charge in [0.05, 0.1) is 0 Å². The molecule has 0 saturated carbocycles. The van der Waals surface area contributed by atoms with Crippen molar-refractivity contribution in [1.29, 1.82) is 0 Å². The minimum Gasteiger partial charge on any atom is -0.508 e. The van der Waals surface area contributed by atoms with Crippen LogP contribution in [-0.2, 0) is 6.42 Å². The molecule has 3 atom stereocenters. The first-order valence-electron chi connectivity index (χ1n) is 13.1. The van der Waals surface area contributed by atoms with Gasteiger partial charge in [0.25, 0.3) is 0 Å². The predicted octanol–water partition coefficient (Wildman–Crippen LogP) is 8.25. The summed E-state index contributed by atoms with van der Waals surface area (Å²) >= 11 is 0. The third-order valence-corrected chi connectivity index (χ3v) is 6.15. The van der Waals surface area contributed by atoms with Crippen molar-refractivity contribution in [3.8, 4) is 17.2 Å². The zero-order valence-corrected chi connectivity index (χ0v) is 22.9. The zero-order chi connectivity index (χ0) is 26.5. The van der Waals surface area contributed by atoms with Gasteiger partial charge in [-0.05, 0) is 56.9 Å². The van der Waals surface area contributed by atoms with Crippen LogP contribution in [0.2, 0.25) is 0 Å². The summed E-state index contributed by atoms with van der Waals surface area (Å²) in [5.74, 6) is 1.16. The molecule has 0 aliphatic heterocycles. The molecule has 0 heterocycles. The van der Waals surface area contributed by atoms with Crippen LogP contribution in [0.15, 0.2) is 49.1 Å².